The number of nitrogens with zero attached hydrogens (tertiary/aromatic N) is 1. The quantitative estimate of drug-likeness (QED) is 0.0211. The van der Waals surface area contributed by atoms with Crippen molar-refractivity contribution in [1.82, 2.24) is 0 Å². The summed E-state index contributed by atoms with van der Waals surface area (Å²) >= 11 is 0. The Morgan fingerprint density at radius 1 is 0.403 bits per heavy atom. The fourth-order valence-electron chi connectivity index (χ4n) is 8.26. The van der Waals surface area contributed by atoms with Crippen molar-refractivity contribution in [2.24, 2.45) is 0 Å². The second-order valence-corrected chi connectivity index (χ2v) is 21.6. The number of carboxylic acids is 1. The summed E-state index contributed by atoms with van der Waals surface area (Å²) in [6, 6.07) is 0. The fraction of sp³-hybridized carbons (Fsp3) is 0.691. The zero-order chi connectivity index (χ0) is 56.2. The number of carbonyl (C=O) groups is 3. The largest absolute Gasteiger partial charge is 0.477 e. The first-order valence-corrected chi connectivity index (χ1v) is 31.1. The predicted molar refractivity (Wildman–Crippen MR) is 327 cm³/mol. The van der Waals surface area contributed by atoms with Crippen molar-refractivity contribution >= 4 is 17.9 Å². The van der Waals surface area contributed by atoms with Crippen LogP contribution >= 0.6 is 0 Å². The average molecular weight is 1080 g/mol. The van der Waals surface area contributed by atoms with Crippen LogP contribution in [-0.2, 0) is 33.3 Å². The second-order valence-electron chi connectivity index (χ2n) is 21.6. The number of quaternary nitrogens is 1. The van der Waals surface area contributed by atoms with E-state index in [2.05, 4.69) is 123 Å². The molecule has 0 saturated carbocycles. The molecular formula is C68H116NO8+. The van der Waals surface area contributed by atoms with Crippen molar-refractivity contribution in [1.29, 1.82) is 0 Å². The molecule has 0 heterocycles. The summed E-state index contributed by atoms with van der Waals surface area (Å²) in [7, 11) is 5.96. The Hall–Kier alpha value is -4.05. The minimum Gasteiger partial charge on any atom is -0.477 e. The molecule has 1 N–H and O–H groups in total. The van der Waals surface area contributed by atoms with Crippen LogP contribution in [0.1, 0.15) is 245 Å². The highest BCUT2D eigenvalue weighted by Crippen LogP contribution is 2.15. The number of hydrogen-bond donors (Lipinski definition) is 1. The van der Waals surface area contributed by atoms with Crippen molar-refractivity contribution in [2.75, 3.05) is 47.5 Å². The molecule has 9 heteroatoms. The van der Waals surface area contributed by atoms with Crippen LogP contribution in [0.2, 0.25) is 0 Å². The van der Waals surface area contributed by atoms with Crippen LogP contribution in [0.4, 0.5) is 0 Å². The molecule has 0 spiro atoms. The average Bonchev–Trinajstić information content (AvgIpc) is 3.40. The van der Waals surface area contributed by atoms with Crippen LogP contribution in [0, 0.1) is 0 Å². The van der Waals surface area contributed by atoms with E-state index in [1.807, 2.05) is 21.1 Å². The van der Waals surface area contributed by atoms with Gasteiger partial charge in [-0.3, -0.25) is 9.59 Å². The highest BCUT2D eigenvalue weighted by Gasteiger charge is 2.25. The van der Waals surface area contributed by atoms with Crippen LogP contribution in [0.3, 0.4) is 0 Å². The molecule has 0 aliphatic carbocycles. The third-order valence-electron chi connectivity index (χ3n) is 13.0. The first-order valence-electron chi connectivity index (χ1n) is 31.1. The maximum Gasteiger partial charge on any atom is 0.361 e. The first-order chi connectivity index (χ1) is 37.6. The molecule has 440 valence electrons. The smallest absolute Gasteiger partial charge is 0.361 e. The van der Waals surface area contributed by atoms with Gasteiger partial charge in [0.15, 0.2) is 6.10 Å². The minimum atomic E-state index is -1.52. The number of hydrogen-bond acceptors (Lipinski definition) is 7. The van der Waals surface area contributed by atoms with Gasteiger partial charge >= 0.3 is 17.9 Å². The highest BCUT2D eigenvalue weighted by molar-refractivity contribution is 5.71. The number of allylic oxidation sites excluding steroid dienone is 18. The molecule has 0 aromatic rings. The van der Waals surface area contributed by atoms with Crippen molar-refractivity contribution in [3.63, 3.8) is 0 Å². The number of esters is 2. The molecule has 0 aliphatic heterocycles. The highest BCUT2D eigenvalue weighted by atomic mass is 16.7. The summed E-state index contributed by atoms with van der Waals surface area (Å²) in [5.41, 5.74) is 0. The number of ether oxygens (including phenoxy) is 4. The molecule has 2 atom stereocenters. The number of rotatable bonds is 56. The monoisotopic (exact) mass is 1070 g/mol. The van der Waals surface area contributed by atoms with Crippen molar-refractivity contribution in [3.8, 4) is 0 Å². The molecule has 9 nitrogen and oxygen atoms in total. The zero-order valence-electron chi connectivity index (χ0n) is 50.1. The van der Waals surface area contributed by atoms with Crippen LogP contribution in [0.25, 0.3) is 0 Å². The second kappa shape index (κ2) is 58.1. The minimum absolute atomic E-state index is 0.180. The van der Waals surface area contributed by atoms with Gasteiger partial charge in [0.1, 0.15) is 13.2 Å². The molecule has 0 radical (unpaired) electrons. The summed E-state index contributed by atoms with van der Waals surface area (Å²) in [4.78, 5) is 37.5. The lowest BCUT2D eigenvalue weighted by Crippen LogP contribution is -2.40. The van der Waals surface area contributed by atoms with E-state index in [-0.39, 0.29) is 38.6 Å². The molecule has 0 aliphatic rings. The van der Waals surface area contributed by atoms with Crippen molar-refractivity contribution in [3.05, 3.63) is 109 Å². The van der Waals surface area contributed by atoms with Gasteiger partial charge in [0.05, 0.1) is 34.4 Å². The van der Waals surface area contributed by atoms with E-state index < -0.39 is 24.3 Å². The van der Waals surface area contributed by atoms with Crippen LogP contribution in [0.15, 0.2) is 109 Å². The van der Waals surface area contributed by atoms with E-state index in [1.165, 1.54) is 109 Å². The van der Waals surface area contributed by atoms with Crippen molar-refractivity contribution in [2.45, 2.75) is 257 Å². The van der Waals surface area contributed by atoms with Gasteiger partial charge in [0, 0.05) is 12.8 Å². The van der Waals surface area contributed by atoms with Crippen LogP contribution in [0.5, 0.6) is 0 Å². The lowest BCUT2D eigenvalue weighted by molar-refractivity contribution is -0.870. The van der Waals surface area contributed by atoms with Gasteiger partial charge in [-0.1, -0.05) is 239 Å². The normalized spacial score (nSPS) is 13.5. The lowest BCUT2D eigenvalue weighted by Gasteiger charge is -2.25. The zero-order valence-corrected chi connectivity index (χ0v) is 50.1. The van der Waals surface area contributed by atoms with Gasteiger partial charge < -0.3 is 28.5 Å². The van der Waals surface area contributed by atoms with E-state index >= 15 is 0 Å². The summed E-state index contributed by atoms with van der Waals surface area (Å²) in [5, 5.41) is 9.72. The predicted octanol–water partition coefficient (Wildman–Crippen LogP) is 18.7. The number of unbranched alkanes of at least 4 members (excludes halogenated alkanes) is 23. The van der Waals surface area contributed by atoms with E-state index in [0.29, 0.717) is 17.4 Å². The van der Waals surface area contributed by atoms with E-state index in [9.17, 15) is 19.5 Å². The topological polar surface area (TPSA) is 108 Å². The van der Waals surface area contributed by atoms with Gasteiger partial charge in [-0.05, 0) is 103 Å². The maximum atomic E-state index is 12.9. The fourth-order valence-corrected chi connectivity index (χ4v) is 8.26. The van der Waals surface area contributed by atoms with Gasteiger partial charge in [-0.15, -0.1) is 0 Å². The SMILES string of the molecule is CC/C=C\C/C=C\C/C=C\C/C=C\C/C=C\C/C=C\CCCCCCCCCCCCCCC(=O)OC(COC(=O)CCCCCCCC/C=C\C/C=C\C/C=C\CCCCCCC)COC(OCC[N+](C)(C)C)C(=O)O. The summed E-state index contributed by atoms with van der Waals surface area (Å²) in [5.74, 6) is -2.03. The van der Waals surface area contributed by atoms with Gasteiger partial charge in [-0.2, -0.15) is 0 Å². The Bertz CT molecular complexity index is 1630. The molecule has 0 aromatic carbocycles. The molecule has 2 unspecified atom stereocenters. The Labute approximate surface area is 473 Å². The molecule has 0 bridgehead atoms. The van der Waals surface area contributed by atoms with Crippen LogP contribution in [-0.4, -0.2) is 87.4 Å². The number of carboxylic acid groups (broad SMARTS) is 1. The van der Waals surface area contributed by atoms with Crippen LogP contribution < -0.4 is 0 Å². The molecule has 0 aromatic heterocycles. The van der Waals surface area contributed by atoms with Gasteiger partial charge in [-0.25, -0.2) is 4.79 Å². The Morgan fingerprint density at radius 3 is 1.10 bits per heavy atom. The molecule has 0 amide bonds. The first kappa shape index (κ1) is 73.0. The number of likely N-dealkylation sites (N-methyl/N-ethyl adjacent to an activating group) is 1. The molecule has 0 fully saturated rings. The molecule has 0 rings (SSSR count). The third-order valence-corrected chi connectivity index (χ3v) is 13.0. The standard InChI is InChI=1S/C68H115NO8/c1-6-8-10-12-14-16-18-20-22-24-26-28-29-30-31-32-33-34-35-36-37-39-41-43-45-47-49-51-53-55-57-59-66(71)77-64(63-76-68(67(72)73)74-61-60-69(3,4)5)62-75-65(70)58-56-54-52-50-48-46-44-42-40-38-27-25-23-21-19-17-15-13-11-9-7-2/h8,10,14,16,19-22,25-28,30-31,33-34,40,42,64,68H,6-7,9,11-13,15,17-18,23-24,29,32,35-39,41,43-63H2,1-5H3/p+1/b10-8-,16-14-,21-19-,22-20-,27-25-,28-26-,31-30-,34-33-,42-40-. The maximum absolute atomic E-state index is 12.9. The Kier molecular flexibility index (Phi) is 55.1. The van der Waals surface area contributed by atoms with E-state index in [4.69, 9.17) is 18.9 Å². The summed E-state index contributed by atoms with van der Waals surface area (Å²) in [6.07, 6.45) is 77.4. The van der Waals surface area contributed by atoms with E-state index in [0.717, 1.165) is 103 Å². The van der Waals surface area contributed by atoms with E-state index in [1.54, 1.807) is 0 Å². The lowest BCUT2D eigenvalue weighted by atomic mass is 10.0. The Morgan fingerprint density at radius 2 is 0.740 bits per heavy atom. The Balaban J connectivity index is 4.24. The van der Waals surface area contributed by atoms with Gasteiger partial charge in [0.25, 0.3) is 6.29 Å². The van der Waals surface area contributed by atoms with Gasteiger partial charge in [0.2, 0.25) is 0 Å². The number of carbonyl (C=O) groups excluding carboxylic acids is 2. The summed E-state index contributed by atoms with van der Waals surface area (Å²) < 4.78 is 22.9. The molecule has 77 heavy (non-hydrogen) atoms. The molecule has 0 saturated heterocycles. The summed E-state index contributed by atoms with van der Waals surface area (Å²) in [6.45, 7) is 4.73. The molecular weight excluding hydrogens is 959 g/mol. The number of aliphatic carboxylic acids is 1. The third kappa shape index (κ3) is 59.5. The van der Waals surface area contributed by atoms with Crippen molar-refractivity contribution < 1.29 is 42.9 Å².